The predicted octanol–water partition coefficient (Wildman–Crippen LogP) is 1.43. The molecule has 2 atom stereocenters. The van der Waals surface area contributed by atoms with Crippen LogP contribution in [0.15, 0.2) is 0 Å². The van der Waals surface area contributed by atoms with Crippen LogP contribution < -0.4 is 5.09 Å². The fourth-order valence-electron chi connectivity index (χ4n) is 1.54. The number of hydrogen-bond donors (Lipinski definition) is 1. The maximum absolute atomic E-state index is 12.5. The summed E-state index contributed by atoms with van der Waals surface area (Å²) < 4.78 is 24.1. The lowest BCUT2D eigenvalue weighted by atomic mass is 10.3. The summed E-state index contributed by atoms with van der Waals surface area (Å²) in [6.07, 6.45) is 0. The van der Waals surface area contributed by atoms with Crippen molar-refractivity contribution in [1.29, 1.82) is 0 Å². The van der Waals surface area contributed by atoms with Gasteiger partial charge < -0.3 is 9.26 Å². The number of ether oxygens (including phenoxy) is 1. The van der Waals surface area contributed by atoms with Crippen molar-refractivity contribution in [3.63, 3.8) is 0 Å². The second-order valence-corrected chi connectivity index (χ2v) is 6.46. The summed E-state index contributed by atoms with van der Waals surface area (Å²) in [4.78, 5) is 11.5. The Morgan fingerprint density at radius 3 is 2.61 bits per heavy atom. The maximum Gasteiger partial charge on any atom is 0.344 e. The molecule has 6 nitrogen and oxygen atoms in total. The van der Waals surface area contributed by atoms with Gasteiger partial charge in [0.05, 0.1) is 13.2 Å². The highest BCUT2D eigenvalue weighted by Crippen LogP contribution is 2.50. The van der Waals surface area contributed by atoms with Gasteiger partial charge in [0.1, 0.15) is 6.04 Å². The number of carbonyl (C=O) groups is 1. The smallest absolute Gasteiger partial charge is 0.344 e. The minimum atomic E-state index is -3.23. The molecule has 0 radical (unpaired) electrons. The molecular weight excluding hydrogens is 302 g/mol. The lowest BCUT2D eigenvalue weighted by Crippen LogP contribution is -2.36. The molecule has 0 saturated carbocycles. The lowest BCUT2D eigenvalue weighted by Gasteiger charge is -2.25. The number of esters is 1. The van der Waals surface area contributed by atoms with Gasteiger partial charge in [0, 0.05) is 24.8 Å². The van der Waals surface area contributed by atoms with E-state index >= 15 is 0 Å². The topological polar surface area (TPSA) is 67.9 Å². The van der Waals surface area contributed by atoms with Crippen molar-refractivity contribution in [3.05, 3.63) is 0 Å². The zero-order valence-electron chi connectivity index (χ0n) is 10.1. The van der Waals surface area contributed by atoms with E-state index in [2.05, 4.69) is 5.09 Å². The Balaban J connectivity index is 2.65. The predicted molar refractivity (Wildman–Crippen MR) is 70.1 cm³/mol. The first kappa shape index (κ1) is 16.2. The van der Waals surface area contributed by atoms with Crippen LogP contribution in [-0.4, -0.2) is 54.7 Å². The third-order valence-corrected chi connectivity index (χ3v) is 4.98. The van der Waals surface area contributed by atoms with Crippen molar-refractivity contribution in [1.82, 2.24) is 9.76 Å². The van der Waals surface area contributed by atoms with Gasteiger partial charge in [-0.25, -0.2) is 9.76 Å². The van der Waals surface area contributed by atoms with Gasteiger partial charge in [-0.1, -0.05) is 0 Å². The Hall–Kier alpha value is 0.160. The van der Waals surface area contributed by atoms with E-state index in [-0.39, 0.29) is 13.2 Å². The average molecular weight is 319 g/mol. The lowest BCUT2D eigenvalue weighted by molar-refractivity contribution is -0.145. The van der Waals surface area contributed by atoms with Crippen LogP contribution in [0.4, 0.5) is 0 Å². The third kappa shape index (κ3) is 4.08. The van der Waals surface area contributed by atoms with Gasteiger partial charge in [-0.3, -0.25) is 9.36 Å². The average Bonchev–Trinajstić information content (AvgIpc) is 2.73. The molecule has 0 aromatic rings. The number of hydrogen-bond acceptors (Lipinski definition) is 4. The molecule has 9 heteroatoms. The van der Waals surface area contributed by atoms with Gasteiger partial charge in [0.15, 0.2) is 0 Å². The Morgan fingerprint density at radius 2 is 2.11 bits per heavy atom. The normalized spacial score (nSPS) is 27.7. The third-order valence-electron chi connectivity index (χ3n) is 2.36. The van der Waals surface area contributed by atoms with Crippen LogP contribution >= 0.6 is 30.9 Å². The fourth-order valence-corrected chi connectivity index (χ4v) is 4.24. The monoisotopic (exact) mass is 318 g/mol. The summed E-state index contributed by atoms with van der Waals surface area (Å²) in [7, 11) is -3.23. The first-order chi connectivity index (χ1) is 8.57. The molecule has 0 bridgehead atoms. The van der Waals surface area contributed by atoms with Crippen molar-refractivity contribution in [2.45, 2.75) is 13.0 Å². The van der Waals surface area contributed by atoms with Crippen molar-refractivity contribution in [2.24, 2.45) is 0 Å². The van der Waals surface area contributed by atoms with Crippen molar-refractivity contribution in [2.75, 3.05) is 38.1 Å². The van der Waals surface area contributed by atoms with Crippen molar-refractivity contribution < 1.29 is 18.6 Å². The van der Waals surface area contributed by atoms with E-state index in [1.165, 1.54) is 4.67 Å². The highest BCUT2D eigenvalue weighted by Gasteiger charge is 2.43. The Labute approximate surface area is 116 Å². The molecule has 1 rings (SSSR count). The SMILES string of the molecule is CCOC(=O)[C@H]1CO[P@](=O)(N(CCCl)CCCl)N1. The van der Waals surface area contributed by atoms with E-state index in [0.717, 1.165) is 0 Å². The molecule has 1 fully saturated rings. The van der Waals surface area contributed by atoms with Gasteiger partial charge in [0.2, 0.25) is 0 Å². The van der Waals surface area contributed by atoms with Gasteiger partial charge in [-0.15, -0.1) is 23.2 Å². The van der Waals surface area contributed by atoms with Crippen molar-refractivity contribution in [3.8, 4) is 0 Å². The molecule has 0 unspecified atom stereocenters. The Morgan fingerprint density at radius 1 is 1.50 bits per heavy atom. The number of nitrogens with zero attached hydrogens (tertiary/aromatic N) is 1. The molecule has 1 aliphatic rings. The number of alkyl halides is 2. The number of nitrogens with one attached hydrogen (secondary N) is 1. The number of carbonyl (C=O) groups excluding carboxylic acids is 1. The summed E-state index contributed by atoms with van der Waals surface area (Å²) in [6.45, 7) is 2.74. The molecule has 0 aromatic heterocycles. The van der Waals surface area contributed by atoms with Crippen LogP contribution in [0.2, 0.25) is 0 Å². The van der Waals surface area contributed by atoms with Gasteiger partial charge in [-0.2, -0.15) is 0 Å². The molecule has 0 amide bonds. The summed E-state index contributed by atoms with van der Waals surface area (Å²) in [5.74, 6) is 0.137. The molecule has 0 aliphatic carbocycles. The van der Waals surface area contributed by atoms with Crippen LogP contribution in [0.25, 0.3) is 0 Å². The van der Waals surface area contributed by atoms with Gasteiger partial charge in [-0.05, 0) is 6.92 Å². The molecular formula is C9H17Cl2N2O4P. The number of halogens is 2. The standard InChI is InChI=1S/C9H17Cl2N2O4P/c1-2-16-9(14)8-7-17-18(15,12-8)13(5-3-10)6-4-11/h8H,2-7H2,1H3,(H,12,15)/t8-,18+/m1/s1. The summed E-state index contributed by atoms with van der Waals surface area (Å²) >= 11 is 11.3. The minimum absolute atomic E-state index is 0.0250. The summed E-state index contributed by atoms with van der Waals surface area (Å²) in [5, 5.41) is 2.69. The minimum Gasteiger partial charge on any atom is -0.465 e. The number of rotatable bonds is 7. The van der Waals surface area contributed by atoms with Crippen molar-refractivity contribution >= 4 is 36.8 Å². The van der Waals surface area contributed by atoms with E-state index in [9.17, 15) is 9.36 Å². The molecule has 18 heavy (non-hydrogen) atoms. The first-order valence-corrected chi connectivity index (χ1v) is 8.28. The molecule has 1 heterocycles. The van der Waals surface area contributed by atoms with E-state index in [1.54, 1.807) is 6.92 Å². The molecule has 1 aliphatic heterocycles. The van der Waals surface area contributed by atoms with Gasteiger partial charge >= 0.3 is 13.6 Å². The Kier molecular flexibility index (Phi) is 6.92. The molecule has 106 valence electrons. The quantitative estimate of drug-likeness (QED) is 0.435. The highest BCUT2D eigenvalue weighted by atomic mass is 35.5. The highest BCUT2D eigenvalue weighted by molar-refractivity contribution is 7.54. The maximum atomic E-state index is 12.5. The molecule has 1 N–H and O–H groups in total. The summed E-state index contributed by atoms with van der Waals surface area (Å²) in [6, 6.07) is -0.705. The van der Waals surface area contributed by atoms with Crippen LogP contribution in [0, 0.1) is 0 Å². The van der Waals surface area contributed by atoms with E-state index in [0.29, 0.717) is 24.8 Å². The van der Waals surface area contributed by atoms with E-state index in [1.807, 2.05) is 0 Å². The molecule has 1 saturated heterocycles. The van der Waals surface area contributed by atoms with Crippen LogP contribution in [-0.2, 0) is 18.6 Å². The summed E-state index contributed by atoms with van der Waals surface area (Å²) in [5.41, 5.74) is 0. The molecule has 0 spiro atoms. The largest absolute Gasteiger partial charge is 0.465 e. The van der Waals surface area contributed by atoms with Crippen LogP contribution in [0.3, 0.4) is 0 Å². The zero-order chi connectivity index (χ0) is 13.6. The van der Waals surface area contributed by atoms with Gasteiger partial charge in [0.25, 0.3) is 0 Å². The zero-order valence-corrected chi connectivity index (χ0v) is 12.5. The van der Waals surface area contributed by atoms with E-state index < -0.39 is 19.7 Å². The van der Waals surface area contributed by atoms with Crippen LogP contribution in [0.1, 0.15) is 6.92 Å². The Bertz CT molecular complexity index is 326. The van der Waals surface area contributed by atoms with E-state index in [4.69, 9.17) is 32.5 Å². The second kappa shape index (κ2) is 7.68. The fraction of sp³-hybridized carbons (Fsp3) is 0.889. The first-order valence-electron chi connectivity index (χ1n) is 5.63. The molecule has 0 aromatic carbocycles. The second-order valence-electron chi connectivity index (χ2n) is 3.58. The van der Waals surface area contributed by atoms with Crippen LogP contribution in [0.5, 0.6) is 0 Å².